The van der Waals surface area contributed by atoms with Gasteiger partial charge < -0.3 is 11.1 Å². The topological polar surface area (TPSA) is 38.0 Å². The van der Waals surface area contributed by atoms with E-state index in [1.54, 1.807) is 0 Å². The first kappa shape index (κ1) is 10.9. The van der Waals surface area contributed by atoms with Crippen molar-refractivity contribution in [3.8, 4) is 0 Å². The fourth-order valence-electron chi connectivity index (χ4n) is 1.14. The molecule has 0 amide bonds. The van der Waals surface area contributed by atoms with Crippen LogP contribution in [0.5, 0.6) is 0 Å². The molecule has 0 heterocycles. The zero-order valence-electron chi connectivity index (χ0n) is 8.52. The Kier molecular flexibility index (Phi) is 3.42. The van der Waals surface area contributed by atoms with Crippen LogP contribution in [-0.2, 0) is 0 Å². The summed E-state index contributed by atoms with van der Waals surface area (Å²) in [6.45, 7) is 8.54. The van der Waals surface area contributed by atoms with Gasteiger partial charge in [-0.1, -0.05) is 23.8 Å². The van der Waals surface area contributed by atoms with Crippen LogP contribution in [0.3, 0.4) is 0 Å². The number of nitrogens with one attached hydrogen (secondary N) is 1. The fourth-order valence-corrected chi connectivity index (χ4v) is 1.30. The number of halogens is 1. The Hall–Kier alpha value is -1.15. The molecule has 0 radical (unpaired) electrons. The Morgan fingerprint density at radius 2 is 2.21 bits per heavy atom. The highest BCUT2D eigenvalue weighted by Gasteiger charge is 2.02. The lowest BCUT2D eigenvalue weighted by Crippen LogP contribution is -2.04. The van der Waals surface area contributed by atoms with E-state index in [0.29, 0.717) is 10.7 Å². The number of anilines is 2. The van der Waals surface area contributed by atoms with E-state index in [0.717, 1.165) is 23.4 Å². The van der Waals surface area contributed by atoms with Gasteiger partial charge in [-0.25, -0.2) is 0 Å². The van der Waals surface area contributed by atoms with Crippen LogP contribution in [0.25, 0.3) is 0 Å². The zero-order chi connectivity index (χ0) is 10.7. The smallest absolute Gasteiger partial charge is 0.0656 e. The molecule has 0 spiro atoms. The summed E-state index contributed by atoms with van der Waals surface area (Å²) in [4.78, 5) is 0. The molecule has 0 atom stereocenters. The van der Waals surface area contributed by atoms with Gasteiger partial charge in [-0.3, -0.25) is 0 Å². The first-order valence-corrected chi connectivity index (χ1v) is 4.82. The third-order valence-electron chi connectivity index (χ3n) is 1.92. The minimum atomic E-state index is 0.583. The second-order valence-electron chi connectivity index (χ2n) is 3.50. The minimum Gasteiger partial charge on any atom is -0.398 e. The molecule has 0 fully saturated rings. The first-order valence-electron chi connectivity index (χ1n) is 4.44. The van der Waals surface area contributed by atoms with E-state index < -0.39 is 0 Å². The largest absolute Gasteiger partial charge is 0.398 e. The molecule has 0 unspecified atom stereocenters. The van der Waals surface area contributed by atoms with Crippen molar-refractivity contribution in [2.45, 2.75) is 13.8 Å². The van der Waals surface area contributed by atoms with Gasteiger partial charge in [-0.15, -0.1) is 0 Å². The average molecular weight is 211 g/mol. The molecule has 14 heavy (non-hydrogen) atoms. The summed E-state index contributed by atoms with van der Waals surface area (Å²) < 4.78 is 0. The summed E-state index contributed by atoms with van der Waals surface area (Å²) >= 11 is 5.91. The molecule has 76 valence electrons. The highest BCUT2D eigenvalue weighted by atomic mass is 35.5. The maximum atomic E-state index is 5.91. The van der Waals surface area contributed by atoms with Crippen LogP contribution < -0.4 is 11.1 Å². The monoisotopic (exact) mass is 210 g/mol. The van der Waals surface area contributed by atoms with Gasteiger partial charge in [0.15, 0.2) is 0 Å². The molecular weight excluding hydrogens is 196 g/mol. The SMILES string of the molecule is C=C(C)CNc1cc(Cl)c(N)cc1C. The van der Waals surface area contributed by atoms with Crippen molar-refractivity contribution in [2.75, 3.05) is 17.6 Å². The molecule has 3 heteroatoms. The van der Waals surface area contributed by atoms with Crippen LogP contribution in [0.2, 0.25) is 5.02 Å². The van der Waals surface area contributed by atoms with Gasteiger partial charge in [-0.2, -0.15) is 0 Å². The molecule has 1 aromatic carbocycles. The number of nitrogens with two attached hydrogens (primary N) is 1. The second-order valence-corrected chi connectivity index (χ2v) is 3.91. The highest BCUT2D eigenvalue weighted by molar-refractivity contribution is 6.33. The number of hydrogen-bond acceptors (Lipinski definition) is 2. The van der Waals surface area contributed by atoms with Crippen molar-refractivity contribution in [2.24, 2.45) is 0 Å². The van der Waals surface area contributed by atoms with Gasteiger partial charge >= 0.3 is 0 Å². The van der Waals surface area contributed by atoms with Gasteiger partial charge in [0.2, 0.25) is 0 Å². The molecule has 1 aromatic rings. The molecule has 2 nitrogen and oxygen atoms in total. The van der Waals surface area contributed by atoms with Crippen LogP contribution in [-0.4, -0.2) is 6.54 Å². The van der Waals surface area contributed by atoms with Crippen molar-refractivity contribution >= 4 is 23.0 Å². The van der Waals surface area contributed by atoms with Crippen LogP contribution in [0.15, 0.2) is 24.3 Å². The lowest BCUT2D eigenvalue weighted by atomic mass is 10.1. The van der Waals surface area contributed by atoms with Crippen LogP contribution >= 0.6 is 11.6 Å². The number of rotatable bonds is 3. The molecule has 3 N–H and O–H groups in total. The van der Waals surface area contributed by atoms with E-state index in [-0.39, 0.29) is 0 Å². The average Bonchev–Trinajstić information content (AvgIpc) is 2.09. The lowest BCUT2D eigenvalue weighted by molar-refractivity contribution is 1.20. The summed E-state index contributed by atoms with van der Waals surface area (Å²) in [7, 11) is 0. The molecular formula is C11H15ClN2. The van der Waals surface area contributed by atoms with E-state index in [1.807, 2.05) is 26.0 Å². The van der Waals surface area contributed by atoms with Crippen LogP contribution in [0, 0.1) is 6.92 Å². The van der Waals surface area contributed by atoms with Crippen molar-refractivity contribution < 1.29 is 0 Å². The lowest BCUT2D eigenvalue weighted by Gasteiger charge is -2.11. The molecule has 0 aliphatic carbocycles. The predicted octanol–water partition coefficient (Wildman–Crippen LogP) is 3.22. The van der Waals surface area contributed by atoms with Crippen molar-refractivity contribution in [1.29, 1.82) is 0 Å². The predicted molar refractivity (Wildman–Crippen MR) is 63.9 cm³/mol. The Morgan fingerprint density at radius 3 is 2.79 bits per heavy atom. The number of hydrogen-bond donors (Lipinski definition) is 2. The van der Waals surface area contributed by atoms with E-state index in [9.17, 15) is 0 Å². The third kappa shape index (κ3) is 2.67. The van der Waals surface area contributed by atoms with Gasteiger partial charge in [0.25, 0.3) is 0 Å². The summed E-state index contributed by atoms with van der Waals surface area (Å²) in [5, 5.41) is 3.82. The summed E-state index contributed by atoms with van der Waals surface area (Å²) in [5.74, 6) is 0. The Labute approximate surface area is 89.8 Å². The van der Waals surface area contributed by atoms with Crippen molar-refractivity contribution in [1.82, 2.24) is 0 Å². The van der Waals surface area contributed by atoms with Gasteiger partial charge in [0.1, 0.15) is 0 Å². The maximum absolute atomic E-state index is 5.91. The number of aryl methyl sites for hydroxylation is 1. The number of nitrogen functional groups attached to an aromatic ring is 1. The molecule has 0 aromatic heterocycles. The molecule has 0 saturated heterocycles. The second kappa shape index (κ2) is 4.38. The van der Waals surface area contributed by atoms with E-state index in [4.69, 9.17) is 17.3 Å². The third-order valence-corrected chi connectivity index (χ3v) is 2.25. The summed E-state index contributed by atoms with van der Waals surface area (Å²) in [5.41, 5.74) is 9.46. The first-order chi connectivity index (χ1) is 6.50. The zero-order valence-corrected chi connectivity index (χ0v) is 9.28. The molecule has 0 aliphatic heterocycles. The molecule has 1 rings (SSSR count). The quantitative estimate of drug-likeness (QED) is 0.594. The Balaban J connectivity index is 2.87. The normalized spacial score (nSPS) is 9.93. The van der Waals surface area contributed by atoms with Gasteiger partial charge in [0, 0.05) is 12.2 Å². The molecule has 0 saturated carbocycles. The van der Waals surface area contributed by atoms with E-state index in [2.05, 4.69) is 11.9 Å². The van der Waals surface area contributed by atoms with Crippen LogP contribution in [0.4, 0.5) is 11.4 Å². The maximum Gasteiger partial charge on any atom is 0.0656 e. The Bertz CT molecular complexity index is 359. The van der Waals surface area contributed by atoms with E-state index >= 15 is 0 Å². The standard InChI is InChI=1S/C11H15ClN2/c1-7(2)6-14-11-5-9(12)10(13)4-8(11)3/h4-5,14H,1,6,13H2,2-3H3. The summed E-state index contributed by atoms with van der Waals surface area (Å²) in [6.07, 6.45) is 0. The minimum absolute atomic E-state index is 0.583. The molecule has 0 bridgehead atoms. The van der Waals surface area contributed by atoms with Crippen molar-refractivity contribution in [3.63, 3.8) is 0 Å². The Morgan fingerprint density at radius 1 is 1.57 bits per heavy atom. The number of benzene rings is 1. The van der Waals surface area contributed by atoms with E-state index in [1.165, 1.54) is 0 Å². The molecule has 0 aliphatic rings. The highest BCUT2D eigenvalue weighted by Crippen LogP contribution is 2.26. The summed E-state index contributed by atoms with van der Waals surface area (Å²) in [6, 6.07) is 3.71. The van der Waals surface area contributed by atoms with Gasteiger partial charge in [-0.05, 0) is 31.5 Å². The fraction of sp³-hybridized carbons (Fsp3) is 0.273. The van der Waals surface area contributed by atoms with Crippen molar-refractivity contribution in [3.05, 3.63) is 34.9 Å². The van der Waals surface area contributed by atoms with Crippen LogP contribution in [0.1, 0.15) is 12.5 Å². The van der Waals surface area contributed by atoms with Gasteiger partial charge in [0.05, 0.1) is 10.7 Å².